The van der Waals surface area contributed by atoms with Crippen molar-refractivity contribution in [2.24, 2.45) is 10.8 Å². The Hall–Kier alpha value is -2.09. The third-order valence-electron chi connectivity index (χ3n) is 5.02. The molecule has 1 heterocycles. The number of hydrogen-bond donors (Lipinski definition) is 0. The number of aryl methyl sites for hydroxylation is 1. The molecule has 1 aliphatic rings. The molecule has 2 rings (SSSR count). The van der Waals surface area contributed by atoms with E-state index in [1.807, 2.05) is 0 Å². The highest BCUT2D eigenvalue weighted by molar-refractivity contribution is 7.89. The Bertz CT molecular complexity index is 932. The smallest absolute Gasteiger partial charge is 0.280 e. The number of allylic oxidation sites excluding steroid dienone is 2. The van der Waals surface area contributed by atoms with Crippen LogP contribution in [0.25, 0.3) is 0 Å². The van der Waals surface area contributed by atoms with Gasteiger partial charge in [-0.25, -0.2) is 8.78 Å². The van der Waals surface area contributed by atoms with Crippen LogP contribution in [0.1, 0.15) is 62.8 Å². The SMILES string of the molecule is CCS(=O)C1=C(C(=O)c2ccc(C(F)F)nc2C)C(=O)C(C)(C)C(=O)C1(C)C. The minimum atomic E-state index is -2.79. The zero-order valence-corrected chi connectivity index (χ0v) is 17.5. The van der Waals surface area contributed by atoms with Gasteiger partial charge in [0.25, 0.3) is 6.43 Å². The summed E-state index contributed by atoms with van der Waals surface area (Å²) in [6.07, 6.45) is -2.79. The zero-order valence-electron chi connectivity index (χ0n) is 16.7. The molecule has 1 aliphatic carbocycles. The summed E-state index contributed by atoms with van der Waals surface area (Å²) in [7, 11) is -1.72. The van der Waals surface area contributed by atoms with Crippen molar-refractivity contribution in [3.05, 3.63) is 39.6 Å². The Morgan fingerprint density at radius 3 is 2.18 bits per heavy atom. The topological polar surface area (TPSA) is 81.2 Å². The summed E-state index contributed by atoms with van der Waals surface area (Å²) in [5, 5.41) is 0. The minimum Gasteiger partial charge on any atom is -0.298 e. The van der Waals surface area contributed by atoms with E-state index in [0.29, 0.717) is 0 Å². The van der Waals surface area contributed by atoms with E-state index in [1.54, 1.807) is 20.8 Å². The average molecular weight is 411 g/mol. The number of aromatic nitrogens is 1. The quantitative estimate of drug-likeness (QED) is 0.419. The summed E-state index contributed by atoms with van der Waals surface area (Å²) < 4.78 is 38.5. The van der Waals surface area contributed by atoms with E-state index in [4.69, 9.17) is 0 Å². The van der Waals surface area contributed by atoms with Gasteiger partial charge in [0.05, 0.1) is 27.2 Å². The van der Waals surface area contributed by atoms with Crippen LogP contribution in [0, 0.1) is 17.8 Å². The maximum Gasteiger partial charge on any atom is 0.280 e. The van der Waals surface area contributed by atoms with Crippen molar-refractivity contribution in [2.75, 3.05) is 5.75 Å². The van der Waals surface area contributed by atoms with E-state index in [9.17, 15) is 27.4 Å². The molecule has 0 aliphatic heterocycles. The molecule has 0 saturated heterocycles. The van der Waals surface area contributed by atoms with Crippen LogP contribution >= 0.6 is 0 Å². The van der Waals surface area contributed by atoms with Gasteiger partial charge in [-0.3, -0.25) is 23.6 Å². The van der Waals surface area contributed by atoms with Crippen LogP contribution in [0.4, 0.5) is 8.78 Å². The van der Waals surface area contributed by atoms with Gasteiger partial charge >= 0.3 is 0 Å². The van der Waals surface area contributed by atoms with Crippen LogP contribution in [0.3, 0.4) is 0 Å². The minimum absolute atomic E-state index is 0.00772. The van der Waals surface area contributed by atoms with Crippen molar-refractivity contribution < 1.29 is 27.4 Å². The van der Waals surface area contributed by atoms with E-state index in [-0.39, 0.29) is 27.5 Å². The molecule has 1 unspecified atom stereocenters. The molecule has 0 saturated carbocycles. The number of alkyl halides is 2. The lowest BCUT2D eigenvalue weighted by atomic mass is 9.63. The molecule has 0 bridgehead atoms. The summed E-state index contributed by atoms with van der Waals surface area (Å²) in [6, 6.07) is 2.21. The second-order valence-electron chi connectivity index (χ2n) is 7.75. The number of nitrogens with zero attached hydrogens (tertiary/aromatic N) is 1. The van der Waals surface area contributed by atoms with Crippen molar-refractivity contribution >= 4 is 28.1 Å². The molecule has 0 aromatic carbocycles. The van der Waals surface area contributed by atoms with Crippen LogP contribution in [0.5, 0.6) is 0 Å². The van der Waals surface area contributed by atoms with Gasteiger partial charge in [0.1, 0.15) is 5.69 Å². The fraction of sp³-hybridized carbons (Fsp3) is 0.500. The van der Waals surface area contributed by atoms with Crippen LogP contribution in [0.15, 0.2) is 22.6 Å². The second-order valence-corrected chi connectivity index (χ2v) is 9.42. The molecule has 0 spiro atoms. The highest BCUT2D eigenvalue weighted by Gasteiger charge is 2.55. The number of hydrogen-bond acceptors (Lipinski definition) is 5. The van der Waals surface area contributed by atoms with Crippen LogP contribution in [-0.4, -0.2) is 32.3 Å². The van der Waals surface area contributed by atoms with Gasteiger partial charge in [-0.1, -0.05) is 6.92 Å². The molecule has 0 amide bonds. The van der Waals surface area contributed by atoms with Gasteiger partial charge < -0.3 is 0 Å². The summed E-state index contributed by atoms with van der Waals surface area (Å²) >= 11 is 0. The number of Topliss-reactive ketones (excluding diaryl/α,β-unsaturated/α-hetero) is 3. The first-order chi connectivity index (χ1) is 12.8. The third-order valence-corrected chi connectivity index (χ3v) is 6.71. The van der Waals surface area contributed by atoms with Gasteiger partial charge in [0.15, 0.2) is 17.3 Å². The van der Waals surface area contributed by atoms with Crippen molar-refractivity contribution in [3.8, 4) is 0 Å². The lowest BCUT2D eigenvalue weighted by molar-refractivity contribution is -0.142. The molecular formula is C20H23F2NO4S. The molecule has 152 valence electrons. The number of pyridine rings is 1. The average Bonchev–Trinajstić information content (AvgIpc) is 2.62. The fourth-order valence-electron chi connectivity index (χ4n) is 3.54. The van der Waals surface area contributed by atoms with E-state index in [1.165, 1.54) is 26.8 Å². The van der Waals surface area contributed by atoms with Crippen molar-refractivity contribution in [1.29, 1.82) is 0 Å². The molecule has 0 radical (unpaired) electrons. The fourth-order valence-corrected chi connectivity index (χ4v) is 4.90. The van der Waals surface area contributed by atoms with Crippen molar-refractivity contribution in [1.82, 2.24) is 4.98 Å². The van der Waals surface area contributed by atoms with Gasteiger partial charge in [0, 0.05) is 21.9 Å². The maximum absolute atomic E-state index is 13.3. The highest BCUT2D eigenvalue weighted by atomic mass is 32.2. The zero-order chi connectivity index (χ0) is 21.6. The number of rotatable bonds is 5. The van der Waals surface area contributed by atoms with E-state index < -0.39 is 51.1 Å². The predicted molar refractivity (Wildman–Crippen MR) is 102 cm³/mol. The highest BCUT2D eigenvalue weighted by Crippen LogP contribution is 2.46. The number of ketones is 3. The molecule has 0 N–H and O–H groups in total. The number of carbonyl (C=O) groups is 3. The van der Waals surface area contributed by atoms with Crippen LogP contribution < -0.4 is 0 Å². The van der Waals surface area contributed by atoms with E-state index in [0.717, 1.165) is 6.07 Å². The molecule has 0 fully saturated rings. The normalized spacial score (nSPS) is 19.9. The largest absolute Gasteiger partial charge is 0.298 e. The monoisotopic (exact) mass is 411 g/mol. The molecular weight excluding hydrogens is 388 g/mol. The number of carbonyl (C=O) groups excluding carboxylic acids is 3. The third kappa shape index (κ3) is 3.38. The Kier molecular flexibility index (Phi) is 5.86. The van der Waals surface area contributed by atoms with Crippen LogP contribution in [0.2, 0.25) is 0 Å². The predicted octanol–water partition coefficient (Wildman–Crippen LogP) is 3.74. The lowest BCUT2D eigenvalue weighted by Gasteiger charge is -2.40. The summed E-state index contributed by atoms with van der Waals surface area (Å²) in [4.78, 5) is 43.0. The van der Waals surface area contributed by atoms with Gasteiger partial charge in [-0.05, 0) is 46.8 Å². The Morgan fingerprint density at radius 1 is 1.14 bits per heavy atom. The Balaban J connectivity index is 2.80. The molecule has 5 nitrogen and oxygen atoms in total. The Labute approximate surface area is 165 Å². The van der Waals surface area contributed by atoms with Gasteiger partial charge in [-0.15, -0.1) is 0 Å². The lowest BCUT2D eigenvalue weighted by Crippen LogP contribution is -2.51. The van der Waals surface area contributed by atoms with E-state index in [2.05, 4.69) is 4.98 Å². The summed E-state index contributed by atoms with van der Waals surface area (Å²) in [5.41, 5.74) is -3.53. The second kappa shape index (κ2) is 7.39. The van der Waals surface area contributed by atoms with Crippen molar-refractivity contribution in [2.45, 2.75) is 48.0 Å². The van der Waals surface area contributed by atoms with Crippen molar-refractivity contribution in [3.63, 3.8) is 0 Å². The Morgan fingerprint density at radius 2 is 1.71 bits per heavy atom. The van der Waals surface area contributed by atoms with Crippen LogP contribution in [-0.2, 0) is 20.4 Å². The van der Waals surface area contributed by atoms with Gasteiger partial charge in [-0.2, -0.15) is 0 Å². The maximum atomic E-state index is 13.3. The molecule has 28 heavy (non-hydrogen) atoms. The first-order valence-corrected chi connectivity index (χ1v) is 10.1. The first kappa shape index (κ1) is 22.2. The number of halogens is 2. The standard InChI is InChI=1S/C20H23F2NO4S/c1-7-28(27)16-13(15(25)19(3,4)18(26)20(16,5)6)14(24)11-8-9-12(17(21)22)23-10(11)2/h8-9,17H,7H2,1-6H3. The molecule has 1 aromatic rings. The summed E-state index contributed by atoms with van der Waals surface area (Å²) in [5.74, 6) is -1.75. The van der Waals surface area contributed by atoms with Gasteiger partial charge in [0.2, 0.25) is 0 Å². The van der Waals surface area contributed by atoms with E-state index >= 15 is 0 Å². The molecule has 8 heteroatoms. The summed E-state index contributed by atoms with van der Waals surface area (Å²) in [6.45, 7) is 8.98. The molecule has 1 atom stereocenters. The first-order valence-electron chi connectivity index (χ1n) is 8.81. The molecule has 1 aromatic heterocycles.